The molecule has 19 heavy (non-hydrogen) atoms. The minimum absolute atomic E-state index is 0.229. The monoisotopic (exact) mass is 263 g/mol. The maximum atomic E-state index is 9.27. The first-order valence-corrected chi connectivity index (χ1v) is 7.37. The SMILES string of the molecule is CCNc1ncccc1CN(CCO)C1CCCC1. The van der Waals surface area contributed by atoms with Crippen LogP contribution in [0.25, 0.3) is 0 Å². The Hall–Kier alpha value is -1.13. The number of aliphatic hydroxyl groups excluding tert-OH is 1. The maximum absolute atomic E-state index is 9.27. The third kappa shape index (κ3) is 3.91. The van der Waals surface area contributed by atoms with Crippen molar-refractivity contribution in [3.8, 4) is 0 Å². The molecule has 1 aromatic heterocycles. The van der Waals surface area contributed by atoms with Gasteiger partial charge in [-0.15, -0.1) is 0 Å². The third-order valence-corrected chi connectivity index (χ3v) is 3.84. The topological polar surface area (TPSA) is 48.4 Å². The molecule has 0 amide bonds. The number of aliphatic hydroxyl groups is 1. The summed E-state index contributed by atoms with van der Waals surface area (Å²) in [5.41, 5.74) is 1.23. The van der Waals surface area contributed by atoms with Crippen LogP contribution in [0.5, 0.6) is 0 Å². The van der Waals surface area contributed by atoms with E-state index in [0.717, 1.165) is 25.5 Å². The fraction of sp³-hybridized carbons (Fsp3) is 0.667. The lowest BCUT2D eigenvalue weighted by molar-refractivity contribution is 0.145. The van der Waals surface area contributed by atoms with Gasteiger partial charge in [0.2, 0.25) is 0 Å². The number of aromatic nitrogens is 1. The quantitative estimate of drug-likeness (QED) is 0.792. The smallest absolute Gasteiger partial charge is 0.130 e. The molecule has 1 aliphatic rings. The van der Waals surface area contributed by atoms with Crippen LogP contribution in [-0.2, 0) is 6.54 Å². The highest BCUT2D eigenvalue weighted by Gasteiger charge is 2.22. The predicted molar refractivity (Wildman–Crippen MR) is 78.2 cm³/mol. The molecule has 4 nitrogen and oxygen atoms in total. The van der Waals surface area contributed by atoms with Crippen molar-refractivity contribution in [2.24, 2.45) is 0 Å². The zero-order valence-corrected chi connectivity index (χ0v) is 11.8. The van der Waals surface area contributed by atoms with Crippen molar-refractivity contribution in [3.63, 3.8) is 0 Å². The summed E-state index contributed by atoms with van der Waals surface area (Å²) in [5.74, 6) is 0.978. The summed E-state index contributed by atoms with van der Waals surface area (Å²) in [5, 5.41) is 12.6. The first-order chi connectivity index (χ1) is 9.35. The molecular formula is C15H25N3O. The summed E-state index contributed by atoms with van der Waals surface area (Å²) in [6.45, 7) is 4.83. The Morgan fingerprint density at radius 1 is 1.42 bits per heavy atom. The zero-order valence-electron chi connectivity index (χ0n) is 11.8. The highest BCUT2D eigenvalue weighted by molar-refractivity contribution is 5.43. The van der Waals surface area contributed by atoms with Gasteiger partial charge in [-0.3, -0.25) is 4.90 Å². The van der Waals surface area contributed by atoms with Crippen molar-refractivity contribution in [3.05, 3.63) is 23.9 Å². The lowest BCUT2D eigenvalue weighted by atomic mass is 10.1. The molecule has 0 aromatic carbocycles. The van der Waals surface area contributed by atoms with Crippen LogP contribution in [0, 0.1) is 0 Å². The van der Waals surface area contributed by atoms with Crippen LogP contribution in [0.3, 0.4) is 0 Å². The molecule has 2 N–H and O–H groups in total. The van der Waals surface area contributed by atoms with E-state index in [4.69, 9.17) is 0 Å². The summed E-state index contributed by atoms with van der Waals surface area (Å²) in [4.78, 5) is 6.82. The van der Waals surface area contributed by atoms with E-state index in [-0.39, 0.29) is 6.61 Å². The summed E-state index contributed by atoms with van der Waals surface area (Å²) >= 11 is 0. The maximum Gasteiger partial charge on any atom is 0.130 e. The van der Waals surface area contributed by atoms with Gasteiger partial charge in [0.25, 0.3) is 0 Å². The van der Waals surface area contributed by atoms with E-state index in [0.29, 0.717) is 6.04 Å². The first-order valence-electron chi connectivity index (χ1n) is 7.37. The molecule has 1 saturated carbocycles. The van der Waals surface area contributed by atoms with E-state index in [1.165, 1.54) is 31.2 Å². The largest absolute Gasteiger partial charge is 0.395 e. The second kappa shape index (κ2) is 7.46. The van der Waals surface area contributed by atoms with E-state index in [9.17, 15) is 5.11 Å². The molecular weight excluding hydrogens is 238 g/mol. The lowest BCUT2D eigenvalue weighted by Crippen LogP contribution is -2.35. The number of anilines is 1. The summed E-state index contributed by atoms with van der Waals surface area (Å²) in [6, 6.07) is 4.74. The molecule has 1 heterocycles. The number of pyridine rings is 1. The van der Waals surface area contributed by atoms with Crippen LogP contribution in [0.1, 0.15) is 38.2 Å². The number of nitrogens with one attached hydrogen (secondary N) is 1. The highest BCUT2D eigenvalue weighted by atomic mass is 16.3. The molecule has 0 atom stereocenters. The molecule has 4 heteroatoms. The van der Waals surface area contributed by atoms with Gasteiger partial charge in [0.1, 0.15) is 5.82 Å². The van der Waals surface area contributed by atoms with Crippen LogP contribution in [0.2, 0.25) is 0 Å². The van der Waals surface area contributed by atoms with Gasteiger partial charge >= 0.3 is 0 Å². The van der Waals surface area contributed by atoms with Crippen molar-refractivity contribution in [2.75, 3.05) is 25.0 Å². The Balaban J connectivity index is 2.07. The molecule has 1 aromatic rings. The summed E-state index contributed by atoms with van der Waals surface area (Å²) in [6.07, 6.45) is 6.99. The summed E-state index contributed by atoms with van der Waals surface area (Å²) in [7, 11) is 0. The molecule has 0 radical (unpaired) electrons. The third-order valence-electron chi connectivity index (χ3n) is 3.84. The molecule has 0 bridgehead atoms. The van der Waals surface area contributed by atoms with Gasteiger partial charge in [0.15, 0.2) is 0 Å². The van der Waals surface area contributed by atoms with Crippen molar-refractivity contribution in [1.29, 1.82) is 0 Å². The Bertz CT molecular complexity index is 377. The minimum atomic E-state index is 0.229. The highest BCUT2D eigenvalue weighted by Crippen LogP contribution is 2.25. The molecule has 106 valence electrons. The Labute approximate surface area is 115 Å². The normalized spacial score (nSPS) is 16.2. The Morgan fingerprint density at radius 2 is 2.21 bits per heavy atom. The van der Waals surface area contributed by atoms with Gasteiger partial charge in [-0.25, -0.2) is 4.98 Å². The van der Waals surface area contributed by atoms with E-state index < -0.39 is 0 Å². The van der Waals surface area contributed by atoms with Crippen LogP contribution in [0.4, 0.5) is 5.82 Å². The summed E-state index contributed by atoms with van der Waals surface area (Å²) < 4.78 is 0. The second-order valence-corrected chi connectivity index (χ2v) is 5.17. The van der Waals surface area contributed by atoms with Crippen molar-refractivity contribution < 1.29 is 5.11 Å². The van der Waals surface area contributed by atoms with Gasteiger partial charge in [-0.1, -0.05) is 18.9 Å². The number of hydrogen-bond donors (Lipinski definition) is 2. The fourth-order valence-corrected chi connectivity index (χ4v) is 2.90. The second-order valence-electron chi connectivity index (χ2n) is 5.17. The average Bonchev–Trinajstić information content (AvgIpc) is 2.94. The average molecular weight is 263 g/mol. The van der Waals surface area contributed by atoms with Gasteiger partial charge in [-0.2, -0.15) is 0 Å². The van der Waals surface area contributed by atoms with Crippen LogP contribution in [-0.4, -0.2) is 40.7 Å². The van der Waals surface area contributed by atoms with Gasteiger partial charge in [-0.05, 0) is 25.8 Å². The molecule has 1 aliphatic carbocycles. The van der Waals surface area contributed by atoms with E-state index >= 15 is 0 Å². The zero-order chi connectivity index (χ0) is 13.5. The van der Waals surface area contributed by atoms with Crippen molar-refractivity contribution in [2.45, 2.75) is 45.2 Å². The van der Waals surface area contributed by atoms with Gasteiger partial charge in [0.05, 0.1) is 6.61 Å². The predicted octanol–water partition coefficient (Wildman–Crippen LogP) is 2.25. The molecule has 2 rings (SSSR count). The Kier molecular flexibility index (Phi) is 5.61. The van der Waals surface area contributed by atoms with Gasteiger partial charge in [0, 0.05) is 37.4 Å². The fourth-order valence-electron chi connectivity index (χ4n) is 2.90. The van der Waals surface area contributed by atoms with Gasteiger partial charge < -0.3 is 10.4 Å². The van der Waals surface area contributed by atoms with Crippen LogP contribution in [0.15, 0.2) is 18.3 Å². The van der Waals surface area contributed by atoms with Crippen LogP contribution < -0.4 is 5.32 Å². The molecule has 0 aliphatic heterocycles. The van der Waals surface area contributed by atoms with E-state index in [1.807, 2.05) is 12.3 Å². The number of rotatable bonds is 7. The standard InChI is InChI=1S/C15H25N3O/c1-2-16-15-13(6-5-9-17-15)12-18(10-11-19)14-7-3-4-8-14/h5-6,9,14,19H,2-4,7-8,10-12H2,1H3,(H,16,17). The molecule has 0 saturated heterocycles. The Morgan fingerprint density at radius 3 is 2.89 bits per heavy atom. The molecule has 1 fully saturated rings. The van der Waals surface area contributed by atoms with Crippen LogP contribution >= 0.6 is 0 Å². The van der Waals surface area contributed by atoms with Crippen molar-refractivity contribution in [1.82, 2.24) is 9.88 Å². The lowest BCUT2D eigenvalue weighted by Gasteiger charge is -2.28. The number of nitrogens with zero attached hydrogens (tertiary/aromatic N) is 2. The first kappa shape index (κ1) is 14.3. The van der Waals surface area contributed by atoms with E-state index in [2.05, 4.69) is 28.2 Å². The van der Waals surface area contributed by atoms with Crippen molar-refractivity contribution >= 4 is 5.82 Å². The van der Waals surface area contributed by atoms with E-state index in [1.54, 1.807) is 0 Å². The number of hydrogen-bond acceptors (Lipinski definition) is 4. The minimum Gasteiger partial charge on any atom is -0.395 e. The molecule has 0 spiro atoms. The molecule has 0 unspecified atom stereocenters.